The lowest BCUT2D eigenvalue weighted by molar-refractivity contribution is -0.0486. The van der Waals surface area contributed by atoms with Crippen LogP contribution in [0.3, 0.4) is 0 Å². The number of amides is 2. The minimum atomic E-state index is -0.752. The van der Waals surface area contributed by atoms with Crippen LogP contribution in [0.5, 0.6) is 11.5 Å². The highest BCUT2D eigenvalue weighted by molar-refractivity contribution is 5.80. The van der Waals surface area contributed by atoms with Gasteiger partial charge in [-0.05, 0) is 99.5 Å². The summed E-state index contributed by atoms with van der Waals surface area (Å²) in [5.41, 5.74) is 0.347. The maximum absolute atomic E-state index is 12.2. The lowest BCUT2D eigenvalue weighted by atomic mass is 9.90. The predicted molar refractivity (Wildman–Crippen MR) is 204 cm³/mol. The summed E-state index contributed by atoms with van der Waals surface area (Å²) in [6, 6.07) is 20.4. The van der Waals surface area contributed by atoms with Gasteiger partial charge in [-0.15, -0.1) is 0 Å². The molecule has 4 aromatic heterocycles. The molecule has 2 aliphatic rings. The summed E-state index contributed by atoms with van der Waals surface area (Å²) in [7, 11) is 0. The first-order chi connectivity index (χ1) is 26.8. The number of hydrogen-bond donors (Lipinski definition) is 2. The van der Waals surface area contributed by atoms with E-state index in [1.807, 2.05) is 39.8 Å². The summed E-state index contributed by atoms with van der Waals surface area (Å²) >= 11 is 0. The molecule has 0 radical (unpaired) electrons. The number of fused-ring (bicyclic) bond motifs is 4. The van der Waals surface area contributed by atoms with Gasteiger partial charge in [0.05, 0.1) is 12.5 Å². The Labute approximate surface area is 319 Å². The maximum Gasteiger partial charge on any atom is 0.411 e. The first-order valence-corrected chi connectivity index (χ1v) is 17.7. The standard InChI is InChI=1S/2C21H19NO6/c2*1-21(2)18(27-20(24)22-8-7-15-4-3-9-25-15)11-14-10-13-5-6-19(23)26-16(13)12-17(14)28-21/h2*3-10,12,18H,11H2,1-2H3,(H,22,24)/b2*8-7+/t2*18-/m10/s1. The van der Waals surface area contributed by atoms with Crippen LogP contribution in [0.15, 0.2) is 125 Å². The molecule has 288 valence electrons. The van der Waals surface area contributed by atoms with E-state index >= 15 is 0 Å². The molecular weight excluding hydrogens is 724 g/mol. The Morgan fingerprint density at radius 3 is 1.46 bits per heavy atom. The second kappa shape index (κ2) is 15.4. The van der Waals surface area contributed by atoms with Gasteiger partial charge >= 0.3 is 23.4 Å². The van der Waals surface area contributed by atoms with Crippen molar-refractivity contribution in [2.45, 2.75) is 63.9 Å². The van der Waals surface area contributed by atoms with Gasteiger partial charge in [0, 0.05) is 60.3 Å². The smallest absolute Gasteiger partial charge is 0.411 e. The second-order valence-corrected chi connectivity index (χ2v) is 14.1. The van der Waals surface area contributed by atoms with Gasteiger partial charge in [-0.25, -0.2) is 19.2 Å². The van der Waals surface area contributed by atoms with Crippen LogP contribution >= 0.6 is 0 Å². The van der Waals surface area contributed by atoms with Crippen molar-refractivity contribution in [3.8, 4) is 11.5 Å². The lowest BCUT2D eigenvalue weighted by Crippen LogP contribution is -2.49. The van der Waals surface area contributed by atoms with E-state index in [0.717, 1.165) is 21.9 Å². The molecule has 6 aromatic rings. The highest BCUT2D eigenvalue weighted by atomic mass is 16.6. The SMILES string of the molecule is CC1(C)Oc2cc3oc(=O)ccc3cc2C[C@@H]1OC(=O)N/C=C/c1ccco1.CC1(C)Oc2cc3oc(=O)ccc3cc2C[C@H]1OC(=O)N/C=C/c1ccco1. The Hall–Kier alpha value is -6.96. The molecule has 14 nitrogen and oxygen atoms in total. The molecule has 56 heavy (non-hydrogen) atoms. The minimum absolute atomic E-state index is 0.414. The highest BCUT2D eigenvalue weighted by Gasteiger charge is 2.41. The monoisotopic (exact) mass is 762 g/mol. The fraction of sp³-hybridized carbons (Fsp3) is 0.238. The summed E-state index contributed by atoms with van der Waals surface area (Å²) in [5.74, 6) is 2.47. The van der Waals surface area contributed by atoms with Crippen LogP contribution in [-0.2, 0) is 22.3 Å². The molecule has 14 heteroatoms. The number of carbonyl (C=O) groups is 2. The van der Waals surface area contributed by atoms with Gasteiger partial charge < -0.3 is 36.6 Å². The molecule has 2 atom stereocenters. The molecule has 2 aromatic carbocycles. The highest BCUT2D eigenvalue weighted by Crippen LogP contribution is 2.38. The van der Waals surface area contributed by atoms with Crippen LogP contribution in [0.25, 0.3) is 34.1 Å². The fourth-order valence-corrected chi connectivity index (χ4v) is 6.24. The largest absolute Gasteiger partial charge is 0.484 e. The normalized spacial score (nSPS) is 17.9. The zero-order chi connectivity index (χ0) is 39.5. The van der Waals surface area contributed by atoms with Crippen molar-refractivity contribution in [1.82, 2.24) is 10.6 Å². The van der Waals surface area contributed by atoms with Crippen LogP contribution in [0, 0.1) is 0 Å². The van der Waals surface area contributed by atoms with Gasteiger partial charge in [0.25, 0.3) is 0 Å². The summed E-state index contributed by atoms with van der Waals surface area (Å²) in [6.07, 6.45) is 8.06. The van der Waals surface area contributed by atoms with Gasteiger partial charge in [-0.1, -0.05) is 0 Å². The number of hydrogen-bond acceptors (Lipinski definition) is 12. The van der Waals surface area contributed by atoms with Crippen molar-refractivity contribution in [3.05, 3.63) is 141 Å². The van der Waals surface area contributed by atoms with Gasteiger partial charge in [0.1, 0.15) is 57.6 Å². The van der Waals surface area contributed by atoms with E-state index in [2.05, 4.69) is 10.6 Å². The summed E-state index contributed by atoms with van der Waals surface area (Å²) < 4.78 is 44.0. The molecule has 0 spiro atoms. The molecular formula is C42H38N2O12. The number of carbonyl (C=O) groups excluding carboxylic acids is 2. The van der Waals surface area contributed by atoms with E-state index in [0.29, 0.717) is 47.0 Å². The second-order valence-electron chi connectivity index (χ2n) is 14.1. The van der Waals surface area contributed by atoms with E-state index in [4.69, 9.17) is 36.6 Å². The number of alkyl carbamates (subject to hydrolysis) is 2. The quantitative estimate of drug-likeness (QED) is 0.158. The number of ether oxygens (including phenoxy) is 4. The van der Waals surface area contributed by atoms with E-state index in [1.54, 1.807) is 73.2 Å². The maximum atomic E-state index is 12.2. The van der Waals surface area contributed by atoms with E-state index in [-0.39, 0.29) is 0 Å². The van der Waals surface area contributed by atoms with E-state index in [9.17, 15) is 19.2 Å². The Bertz CT molecular complexity index is 2370. The van der Waals surface area contributed by atoms with Crippen LogP contribution in [0.4, 0.5) is 9.59 Å². The van der Waals surface area contributed by atoms with Crippen molar-refractivity contribution < 1.29 is 46.2 Å². The predicted octanol–water partition coefficient (Wildman–Crippen LogP) is 7.73. The van der Waals surface area contributed by atoms with Crippen LogP contribution < -0.4 is 31.4 Å². The molecule has 0 aliphatic carbocycles. The Morgan fingerprint density at radius 2 is 1.07 bits per heavy atom. The first-order valence-electron chi connectivity index (χ1n) is 17.7. The van der Waals surface area contributed by atoms with Gasteiger partial charge in [0.15, 0.2) is 0 Å². The first kappa shape index (κ1) is 37.4. The zero-order valence-corrected chi connectivity index (χ0v) is 30.9. The summed E-state index contributed by atoms with van der Waals surface area (Å²) in [6.45, 7) is 7.38. The van der Waals surface area contributed by atoms with E-state index in [1.165, 1.54) is 24.5 Å². The molecule has 0 bridgehead atoms. The molecule has 2 amide bonds. The van der Waals surface area contributed by atoms with Crippen molar-refractivity contribution in [3.63, 3.8) is 0 Å². The Balaban J connectivity index is 0.000000172. The van der Waals surface area contributed by atoms with Crippen LogP contribution in [0.2, 0.25) is 0 Å². The van der Waals surface area contributed by atoms with Gasteiger partial charge in [0.2, 0.25) is 0 Å². The third kappa shape index (κ3) is 8.70. The molecule has 0 saturated carbocycles. The fourth-order valence-electron chi connectivity index (χ4n) is 6.24. The third-order valence-electron chi connectivity index (χ3n) is 9.19. The molecule has 6 heterocycles. The molecule has 8 rings (SSSR count). The topological polar surface area (TPSA) is 182 Å². The average molecular weight is 763 g/mol. The summed E-state index contributed by atoms with van der Waals surface area (Å²) in [4.78, 5) is 47.2. The van der Waals surface area contributed by atoms with Gasteiger partial charge in [-0.2, -0.15) is 0 Å². The van der Waals surface area contributed by atoms with Crippen molar-refractivity contribution >= 4 is 46.3 Å². The van der Waals surface area contributed by atoms with Crippen molar-refractivity contribution in [2.75, 3.05) is 0 Å². The van der Waals surface area contributed by atoms with Gasteiger partial charge in [-0.3, -0.25) is 10.6 Å². The van der Waals surface area contributed by atoms with Crippen molar-refractivity contribution in [2.24, 2.45) is 0 Å². The minimum Gasteiger partial charge on any atom is -0.484 e. The lowest BCUT2D eigenvalue weighted by Gasteiger charge is -2.39. The van der Waals surface area contributed by atoms with Crippen LogP contribution in [-0.4, -0.2) is 35.6 Å². The van der Waals surface area contributed by atoms with E-state index < -0.39 is 46.8 Å². The molecule has 2 N–H and O–H groups in total. The van der Waals surface area contributed by atoms with Crippen LogP contribution in [0.1, 0.15) is 50.3 Å². The third-order valence-corrected chi connectivity index (χ3v) is 9.19. The zero-order valence-electron chi connectivity index (χ0n) is 30.9. The number of benzene rings is 2. The van der Waals surface area contributed by atoms with Crippen molar-refractivity contribution in [1.29, 1.82) is 0 Å². The number of rotatable bonds is 6. The molecule has 2 aliphatic heterocycles. The summed E-state index contributed by atoms with van der Waals surface area (Å²) in [5, 5.41) is 6.68. The molecule has 0 fully saturated rings. The Kier molecular flexibility index (Phi) is 10.3. The number of nitrogens with one attached hydrogen (secondary N) is 2. The number of furan rings is 2. The average Bonchev–Trinajstić information content (AvgIpc) is 3.86. The molecule has 0 saturated heterocycles. The Morgan fingerprint density at radius 1 is 0.643 bits per heavy atom. The molecule has 0 unspecified atom stereocenters.